The molecule has 1 atom stereocenters. The Morgan fingerprint density at radius 3 is 2.79 bits per heavy atom. The molecule has 0 radical (unpaired) electrons. The van der Waals surface area contributed by atoms with Gasteiger partial charge < -0.3 is 9.80 Å². The summed E-state index contributed by atoms with van der Waals surface area (Å²) < 4.78 is 0. The average molecular weight is 390 g/mol. The number of rotatable bonds is 6. The molecule has 0 N–H and O–H groups in total. The molecule has 1 aromatic carbocycles. The minimum absolute atomic E-state index is 0.131. The maximum atomic E-state index is 12.7. The van der Waals surface area contributed by atoms with E-state index in [2.05, 4.69) is 40.2 Å². The highest BCUT2D eigenvalue weighted by molar-refractivity contribution is 5.92. The highest BCUT2D eigenvalue weighted by Gasteiger charge is 2.42. The second kappa shape index (κ2) is 9.36. The summed E-state index contributed by atoms with van der Waals surface area (Å²) in [6, 6.07) is 14.6. The zero-order valence-corrected chi connectivity index (χ0v) is 17.2. The molecule has 152 valence electrons. The number of likely N-dealkylation sites (tertiary alicyclic amines) is 2. The van der Waals surface area contributed by atoms with Crippen LogP contribution < -0.4 is 0 Å². The van der Waals surface area contributed by atoms with Crippen LogP contribution in [-0.4, -0.2) is 53.4 Å². The summed E-state index contributed by atoms with van der Waals surface area (Å²) in [7, 11) is 0. The van der Waals surface area contributed by atoms with Gasteiger partial charge >= 0.3 is 0 Å². The number of carbonyl (C=O) groups is 1. The zero-order chi connectivity index (χ0) is 19.9. The van der Waals surface area contributed by atoms with E-state index in [9.17, 15) is 4.79 Å². The van der Waals surface area contributed by atoms with Crippen LogP contribution >= 0.6 is 0 Å². The van der Waals surface area contributed by atoms with Crippen molar-refractivity contribution < 1.29 is 4.79 Å². The number of amides is 1. The fraction of sp³-hybridized carbons (Fsp3) is 0.440. The molecule has 29 heavy (non-hydrogen) atoms. The maximum absolute atomic E-state index is 12.7. The predicted octanol–water partition coefficient (Wildman–Crippen LogP) is 4.04. The number of carbonyl (C=O) groups excluding carboxylic acids is 1. The summed E-state index contributed by atoms with van der Waals surface area (Å²) in [5.74, 6) is 0.131. The van der Waals surface area contributed by atoms with Crippen molar-refractivity contribution in [3.05, 3.63) is 72.1 Å². The van der Waals surface area contributed by atoms with Crippen LogP contribution in [-0.2, 0) is 11.2 Å². The summed E-state index contributed by atoms with van der Waals surface area (Å²) in [6.07, 6.45) is 13.1. The topological polar surface area (TPSA) is 36.4 Å². The highest BCUT2D eigenvalue weighted by Crippen LogP contribution is 2.39. The molecule has 2 aromatic rings. The van der Waals surface area contributed by atoms with E-state index in [0.717, 1.165) is 44.6 Å². The number of pyridine rings is 1. The van der Waals surface area contributed by atoms with Gasteiger partial charge in [-0.25, -0.2) is 0 Å². The smallest absolute Gasteiger partial charge is 0.246 e. The molecule has 0 unspecified atom stereocenters. The molecular weight excluding hydrogens is 358 g/mol. The molecule has 0 saturated carbocycles. The van der Waals surface area contributed by atoms with Gasteiger partial charge in [0.05, 0.1) is 0 Å². The number of aryl methyl sites for hydroxylation is 1. The van der Waals surface area contributed by atoms with Gasteiger partial charge in [0, 0.05) is 43.5 Å². The first-order valence-electron chi connectivity index (χ1n) is 10.9. The zero-order valence-electron chi connectivity index (χ0n) is 17.2. The number of piperidine rings is 1. The summed E-state index contributed by atoms with van der Waals surface area (Å²) in [5.41, 5.74) is 2.69. The Hall–Kier alpha value is -2.46. The average Bonchev–Trinajstić information content (AvgIpc) is 3.17. The van der Waals surface area contributed by atoms with Gasteiger partial charge in [0.25, 0.3) is 0 Å². The van der Waals surface area contributed by atoms with Gasteiger partial charge in [-0.2, -0.15) is 0 Å². The molecule has 1 aromatic heterocycles. The van der Waals surface area contributed by atoms with Gasteiger partial charge in [0.15, 0.2) is 0 Å². The monoisotopic (exact) mass is 389 g/mol. The van der Waals surface area contributed by atoms with Crippen LogP contribution in [0.2, 0.25) is 0 Å². The van der Waals surface area contributed by atoms with Crippen molar-refractivity contribution in [3.63, 3.8) is 0 Å². The minimum Gasteiger partial charge on any atom is -0.339 e. The Balaban J connectivity index is 1.27. The lowest BCUT2D eigenvalue weighted by Gasteiger charge is -2.40. The molecule has 0 aliphatic carbocycles. The quantitative estimate of drug-likeness (QED) is 0.700. The number of aromatic nitrogens is 1. The molecule has 2 aliphatic rings. The maximum Gasteiger partial charge on any atom is 0.246 e. The summed E-state index contributed by atoms with van der Waals surface area (Å²) in [6.45, 7) is 5.28. The van der Waals surface area contributed by atoms with E-state index < -0.39 is 0 Å². The molecule has 4 nitrogen and oxygen atoms in total. The van der Waals surface area contributed by atoms with Crippen molar-refractivity contribution in [3.8, 4) is 0 Å². The van der Waals surface area contributed by atoms with Gasteiger partial charge in [0.1, 0.15) is 0 Å². The van der Waals surface area contributed by atoms with Crippen LogP contribution in [0, 0.1) is 5.41 Å². The Bertz CT molecular complexity index is 820. The molecule has 1 spiro atoms. The van der Waals surface area contributed by atoms with Crippen molar-refractivity contribution in [2.45, 2.75) is 32.1 Å². The lowest BCUT2D eigenvalue weighted by molar-refractivity contribution is -0.125. The van der Waals surface area contributed by atoms with Crippen LogP contribution in [0.3, 0.4) is 0 Å². The van der Waals surface area contributed by atoms with Crippen LogP contribution in [0.5, 0.6) is 0 Å². The standard InChI is InChI=1S/C25H31N3O/c29-24(12-11-23-9-4-15-26-19-23)28-18-14-25(21-28)13-6-17-27(20-25)16-5-10-22-7-2-1-3-8-22/h1-4,7-9,11-12,15,19H,5-6,10,13-14,16-18,20-21H2/b12-11+/t25-/m1/s1. The first-order chi connectivity index (χ1) is 14.2. The Kier molecular flexibility index (Phi) is 6.40. The summed E-state index contributed by atoms with van der Waals surface area (Å²) in [5, 5.41) is 0. The molecule has 0 bridgehead atoms. The van der Waals surface area contributed by atoms with Gasteiger partial charge in [-0.3, -0.25) is 9.78 Å². The summed E-state index contributed by atoms with van der Waals surface area (Å²) in [4.78, 5) is 21.4. The lowest BCUT2D eigenvalue weighted by atomic mass is 9.79. The number of benzene rings is 1. The van der Waals surface area contributed by atoms with E-state index in [1.807, 2.05) is 23.1 Å². The minimum atomic E-state index is 0.131. The fourth-order valence-corrected chi connectivity index (χ4v) is 4.86. The first-order valence-corrected chi connectivity index (χ1v) is 10.9. The normalized spacial score (nSPS) is 22.6. The third-order valence-electron chi connectivity index (χ3n) is 6.38. The van der Waals surface area contributed by atoms with E-state index >= 15 is 0 Å². The fourth-order valence-electron chi connectivity index (χ4n) is 4.86. The van der Waals surface area contributed by atoms with E-state index in [1.54, 1.807) is 18.5 Å². The second-order valence-electron chi connectivity index (χ2n) is 8.60. The summed E-state index contributed by atoms with van der Waals surface area (Å²) >= 11 is 0. The van der Waals surface area contributed by atoms with Gasteiger partial charge in [-0.05, 0) is 68.5 Å². The van der Waals surface area contributed by atoms with E-state index in [4.69, 9.17) is 0 Å². The van der Waals surface area contributed by atoms with Gasteiger partial charge in [0.2, 0.25) is 5.91 Å². The lowest BCUT2D eigenvalue weighted by Crippen LogP contribution is -2.45. The van der Waals surface area contributed by atoms with Crippen LogP contribution in [0.4, 0.5) is 0 Å². The molecule has 4 heteroatoms. The van der Waals surface area contributed by atoms with Crippen molar-refractivity contribution >= 4 is 12.0 Å². The molecule has 1 amide bonds. The predicted molar refractivity (Wildman–Crippen MR) is 117 cm³/mol. The second-order valence-corrected chi connectivity index (χ2v) is 8.60. The number of nitrogens with zero attached hydrogens (tertiary/aromatic N) is 3. The third-order valence-corrected chi connectivity index (χ3v) is 6.38. The van der Waals surface area contributed by atoms with Crippen LogP contribution in [0.25, 0.3) is 6.08 Å². The largest absolute Gasteiger partial charge is 0.339 e. The molecule has 2 aliphatic heterocycles. The molecule has 2 fully saturated rings. The highest BCUT2D eigenvalue weighted by atomic mass is 16.2. The Morgan fingerprint density at radius 2 is 1.97 bits per heavy atom. The number of hydrogen-bond acceptors (Lipinski definition) is 3. The van der Waals surface area contributed by atoms with E-state index in [1.165, 1.54) is 31.4 Å². The van der Waals surface area contributed by atoms with Crippen molar-refractivity contribution in [2.24, 2.45) is 5.41 Å². The van der Waals surface area contributed by atoms with Crippen molar-refractivity contribution in [2.75, 3.05) is 32.7 Å². The van der Waals surface area contributed by atoms with Crippen LogP contribution in [0.15, 0.2) is 60.9 Å². The van der Waals surface area contributed by atoms with E-state index in [-0.39, 0.29) is 5.91 Å². The molecule has 3 heterocycles. The third kappa shape index (κ3) is 5.33. The van der Waals surface area contributed by atoms with E-state index in [0.29, 0.717) is 5.41 Å². The molecular formula is C25H31N3O. The number of hydrogen-bond donors (Lipinski definition) is 0. The van der Waals surface area contributed by atoms with Gasteiger partial charge in [-0.1, -0.05) is 36.4 Å². The van der Waals surface area contributed by atoms with Crippen LogP contribution in [0.1, 0.15) is 36.8 Å². The Labute approximate surface area is 174 Å². The van der Waals surface area contributed by atoms with Crippen molar-refractivity contribution in [1.82, 2.24) is 14.8 Å². The first kappa shape index (κ1) is 19.8. The SMILES string of the molecule is O=C(/C=C/c1cccnc1)N1CC[C@@]2(CCCN(CCCc3ccccc3)C2)C1. The van der Waals surface area contributed by atoms with Gasteiger partial charge in [-0.15, -0.1) is 0 Å². The molecule has 4 rings (SSSR count). The molecule has 2 saturated heterocycles. The Morgan fingerprint density at radius 1 is 1.07 bits per heavy atom. The van der Waals surface area contributed by atoms with Crippen molar-refractivity contribution in [1.29, 1.82) is 0 Å².